The Hall–Kier alpha value is -2.12. The van der Waals surface area contributed by atoms with Crippen LogP contribution in [0, 0.1) is 0 Å². The standard InChI is InChI=1S/C14H22N4O4/c1-6-7-10(19)21-9-8-17(5)13(20)18(9)12-15-11(22-16-12)14(2,3)4/h9H,6-8H2,1-5H3. The molecule has 0 aliphatic carbocycles. The van der Waals surface area contributed by atoms with Crippen molar-refractivity contribution in [3.63, 3.8) is 0 Å². The van der Waals surface area contributed by atoms with E-state index in [-0.39, 0.29) is 29.9 Å². The summed E-state index contributed by atoms with van der Waals surface area (Å²) in [6, 6.07) is -0.324. The molecule has 122 valence electrons. The number of nitrogens with zero attached hydrogens (tertiary/aromatic N) is 4. The number of urea groups is 1. The summed E-state index contributed by atoms with van der Waals surface area (Å²) in [5.74, 6) is 0.192. The molecule has 8 heteroatoms. The smallest absolute Gasteiger partial charge is 0.329 e. The fourth-order valence-corrected chi connectivity index (χ4v) is 2.04. The van der Waals surface area contributed by atoms with Crippen molar-refractivity contribution in [3.05, 3.63) is 5.89 Å². The van der Waals surface area contributed by atoms with Crippen LogP contribution < -0.4 is 4.90 Å². The lowest BCUT2D eigenvalue weighted by atomic mass is 9.97. The van der Waals surface area contributed by atoms with Gasteiger partial charge in [-0.15, -0.1) is 0 Å². The van der Waals surface area contributed by atoms with E-state index in [0.29, 0.717) is 18.7 Å². The van der Waals surface area contributed by atoms with Crippen molar-refractivity contribution >= 4 is 17.9 Å². The molecule has 2 amide bonds. The van der Waals surface area contributed by atoms with E-state index in [1.54, 1.807) is 7.05 Å². The van der Waals surface area contributed by atoms with Crippen molar-refractivity contribution in [2.24, 2.45) is 0 Å². The lowest BCUT2D eigenvalue weighted by molar-refractivity contribution is -0.148. The first-order chi connectivity index (χ1) is 10.2. The number of esters is 1. The van der Waals surface area contributed by atoms with Crippen molar-refractivity contribution < 1.29 is 18.8 Å². The van der Waals surface area contributed by atoms with Gasteiger partial charge >= 0.3 is 12.0 Å². The molecule has 1 atom stereocenters. The number of rotatable bonds is 4. The fraction of sp³-hybridized carbons (Fsp3) is 0.714. The van der Waals surface area contributed by atoms with Crippen LogP contribution >= 0.6 is 0 Å². The third-order valence-corrected chi connectivity index (χ3v) is 3.24. The number of hydrogen-bond donors (Lipinski definition) is 0. The lowest BCUT2D eigenvalue weighted by Gasteiger charge is -2.19. The third-order valence-electron chi connectivity index (χ3n) is 3.24. The highest BCUT2D eigenvalue weighted by molar-refractivity contribution is 5.93. The maximum Gasteiger partial charge on any atom is 0.329 e. The molecule has 0 spiro atoms. The summed E-state index contributed by atoms with van der Waals surface area (Å²) in [5, 5.41) is 3.85. The van der Waals surface area contributed by atoms with Crippen molar-refractivity contribution in [3.8, 4) is 0 Å². The van der Waals surface area contributed by atoms with Gasteiger partial charge in [0.25, 0.3) is 5.95 Å². The molecule has 0 saturated carbocycles. The number of ether oxygens (including phenoxy) is 1. The van der Waals surface area contributed by atoms with E-state index in [1.807, 2.05) is 27.7 Å². The molecule has 0 aromatic carbocycles. The van der Waals surface area contributed by atoms with Crippen LogP contribution in [-0.4, -0.2) is 46.9 Å². The highest BCUT2D eigenvalue weighted by atomic mass is 16.6. The highest BCUT2D eigenvalue weighted by Crippen LogP contribution is 2.26. The van der Waals surface area contributed by atoms with Crippen LogP contribution in [0.4, 0.5) is 10.7 Å². The molecule has 1 aromatic heterocycles. The molecule has 0 radical (unpaired) electrons. The van der Waals surface area contributed by atoms with E-state index in [0.717, 1.165) is 0 Å². The number of amides is 2. The predicted molar refractivity (Wildman–Crippen MR) is 78.3 cm³/mol. The van der Waals surface area contributed by atoms with Gasteiger partial charge in [0.05, 0.1) is 6.54 Å². The topological polar surface area (TPSA) is 88.8 Å². The Morgan fingerprint density at radius 3 is 2.68 bits per heavy atom. The molecule has 0 bridgehead atoms. The van der Waals surface area contributed by atoms with Gasteiger partial charge in [-0.2, -0.15) is 4.98 Å². The second-order valence-electron chi connectivity index (χ2n) is 6.38. The Morgan fingerprint density at radius 2 is 2.14 bits per heavy atom. The normalized spacial score (nSPS) is 19.0. The number of likely N-dealkylation sites (N-methyl/N-ethyl adjacent to an activating group) is 1. The third kappa shape index (κ3) is 3.20. The van der Waals surface area contributed by atoms with Crippen LogP contribution in [0.15, 0.2) is 4.52 Å². The number of carbonyl (C=O) groups excluding carboxylic acids is 2. The minimum absolute atomic E-state index is 0.119. The number of hydrogen-bond acceptors (Lipinski definition) is 6. The first-order valence-corrected chi connectivity index (χ1v) is 7.32. The van der Waals surface area contributed by atoms with Crippen molar-refractivity contribution in [2.45, 2.75) is 52.2 Å². The van der Waals surface area contributed by atoms with Crippen LogP contribution in [0.2, 0.25) is 0 Å². The summed E-state index contributed by atoms with van der Waals surface area (Å²) in [4.78, 5) is 30.9. The molecule has 1 aliphatic heterocycles. The largest absolute Gasteiger partial charge is 0.439 e. The van der Waals surface area contributed by atoms with Crippen LogP contribution in [-0.2, 0) is 14.9 Å². The van der Waals surface area contributed by atoms with Crippen LogP contribution in [0.5, 0.6) is 0 Å². The summed E-state index contributed by atoms with van der Waals surface area (Å²) in [6.07, 6.45) is 0.259. The van der Waals surface area contributed by atoms with E-state index in [9.17, 15) is 9.59 Å². The monoisotopic (exact) mass is 310 g/mol. The van der Waals surface area contributed by atoms with E-state index in [1.165, 1.54) is 9.80 Å². The van der Waals surface area contributed by atoms with Gasteiger partial charge in [-0.25, -0.2) is 9.69 Å². The molecule has 8 nitrogen and oxygen atoms in total. The van der Waals surface area contributed by atoms with Crippen LogP contribution in [0.1, 0.15) is 46.4 Å². The summed E-state index contributed by atoms with van der Waals surface area (Å²) in [7, 11) is 1.63. The van der Waals surface area contributed by atoms with Crippen LogP contribution in [0.3, 0.4) is 0 Å². The van der Waals surface area contributed by atoms with Gasteiger partial charge in [0.15, 0.2) is 0 Å². The number of carbonyl (C=O) groups is 2. The van der Waals surface area contributed by atoms with E-state index in [2.05, 4.69) is 10.1 Å². The molecule has 0 N–H and O–H groups in total. The molecular weight excluding hydrogens is 288 g/mol. The number of anilines is 1. The zero-order chi connectivity index (χ0) is 16.5. The van der Waals surface area contributed by atoms with Gasteiger partial charge in [0.1, 0.15) is 0 Å². The lowest BCUT2D eigenvalue weighted by Crippen LogP contribution is -2.38. The summed E-state index contributed by atoms with van der Waals surface area (Å²) in [6.45, 7) is 7.95. The molecule has 1 aliphatic rings. The zero-order valence-corrected chi connectivity index (χ0v) is 13.6. The summed E-state index contributed by atoms with van der Waals surface area (Å²) >= 11 is 0. The predicted octanol–water partition coefficient (Wildman–Crippen LogP) is 1.91. The molecular formula is C14H22N4O4. The van der Waals surface area contributed by atoms with Crippen molar-refractivity contribution in [1.82, 2.24) is 15.0 Å². The second-order valence-corrected chi connectivity index (χ2v) is 6.38. The Kier molecular flexibility index (Phi) is 4.39. The number of aromatic nitrogens is 2. The van der Waals surface area contributed by atoms with Gasteiger partial charge in [-0.05, 0) is 11.6 Å². The molecule has 2 rings (SSSR count). The van der Waals surface area contributed by atoms with Crippen molar-refractivity contribution in [1.29, 1.82) is 0 Å². The van der Waals surface area contributed by atoms with E-state index in [4.69, 9.17) is 9.26 Å². The molecule has 1 aromatic rings. The molecule has 1 saturated heterocycles. The second kappa shape index (κ2) is 5.94. The molecule has 22 heavy (non-hydrogen) atoms. The Bertz CT molecular complexity index is 563. The Morgan fingerprint density at radius 1 is 1.45 bits per heavy atom. The fourth-order valence-electron chi connectivity index (χ4n) is 2.04. The minimum atomic E-state index is -0.734. The minimum Gasteiger partial charge on any atom is -0.439 e. The zero-order valence-electron chi connectivity index (χ0n) is 13.6. The van der Waals surface area contributed by atoms with E-state index >= 15 is 0 Å². The molecule has 1 fully saturated rings. The Balaban J connectivity index is 2.23. The van der Waals surface area contributed by atoms with Crippen LogP contribution in [0.25, 0.3) is 0 Å². The van der Waals surface area contributed by atoms with Gasteiger partial charge in [0, 0.05) is 18.9 Å². The summed E-state index contributed by atoms with van der Waals surface area (Å²) in [5.41, 5.74) is -0.325. The summed E-state index contributed by atoms with van der Waals surface area (Å²) < 4.78 is 10.6. The average Bonchev–Trinajstić information content (AvgIpc) is 2.96. The maximum atomic E-state index is 12.3. The van der Waals surface area contributed by atoms with Gasteiger partial charge in [-0.3, -0.25) is 4.79 Å². The Labute approximate surface area is 129 Å². The molecule has 2 heterocycles. The van der Waals surface area contributed by atoms with Gasteiger partial charge in [-0.1, -0.05) is 27.7 Å². The van der Waals surface area contributed by atoms with Gasteiger partial charge < -0.3 is 14.2 Å². The SMILES string of the molecule is CCCC(=O)OC1CN(C)C(=O)N1c1noc(C(C)(C)C)n1. The first kappa shape index (κ1) is 16.3. The van der Waals surface area contributed by atoms with Crippen molar-refractivity contribution in [2.75, 3.05) is 18.5 Å². The van der Waals surface area contributed by atoms with Gasteiger partial charge in [0.2, 0.25) is 12.1 Å². The van der Waals surface area contributed by atoms with E-state index < -0.39 is 6.23 Å². The molecule has 1 unspecified atom stereocenters. The maximum absolute atomic E-state index is 12.3. The average molecular weight is 310 g/mol. The quantitative estimate of drug-likeness (QED) is 0.789. The first-order valence-electron chi connectivity index (χ1n) is 7.32. The highest BCUT2D eigenvalue weighted by Gasteiger charge is 2.42.